The molecule has 0 radical (unpaired) electrons. The Balaban J connectivity index is 4.13. The molecule has 0 rings (SSSR count). The fourth-order valence-corrected chi connectivity index (χ4v) is 2.17. The van der Waals surface area contributed by atoms with E-state index in [0.29, 0.717) is 5.92 Å². The Morgan fingerprint density at radius 3 is 2.06 bits per heavy atom. The molecular formula is C13H31N3. The quantitative estimate of drug-likeness (QED) is 0.687. The molecule has 0 aromatic rings. The minimum absolute atomic E-state index is 0.153. The first-order chi connectivity index (χ1) is 7.31. The molecule has 0 aromatic carbocycles. The molecule has 0 aliphatic carbocycles. The second-order valence-corrected chi connectivity index (χ2v) is 5.88. The summed E-state index contributed by atoms with van der Waals surface area (Å²) in [5.41, 5.74) is 6.09. The summed E-state index contributed by atoms with van der Waals surface area (Å²) in [6.45, 7) is 9.82. The molecule has 0 amide bonds. The number of hydrogen-bond donors (Lipinski definition) is 1. The highest BCUT2D eigenvalue weighted by Gasteiger charge is 2.28. The summed E-state index contributed by atoms with van der Waals surface area (Å²) in [7, 11) is 6.44. The van der Waals surface area contributed by atoms with Crippen LogP contribution in [0, 0.1) is 5.92 Å². The summed E-state index contributed by atoms with van der Waals surface area (Å²) in [5, 5.41) is 0. The molecule has 0 bridgehead atoms. The van der Waals surface area contributed by atoms with Gasteiger partial charge >= 0.3 is 0 Å². The fraction of sp³-hybridized carbons (Fsp3) is 1.00. The summed E-state index contributed by atoms with van der Waals surface area (Å²) >= 11 is 0. The third-order valence-electron chi connectivity index (χ3n) is 3.31. The first kappa shape index (κ1) is 15.9. The van der Waals surface area contributed by atoms with Gasteiger partial charge in [0.1, 0.15) is 0 Å². The van der Waals surface area contributed by atoms with Crippen LogP contribution in [0.1, 0.15) is 33.6 Å². The molecule has 0 aliphatic rings. The molecule has 98 valence electrons. The fourth-order valence-electron chi connectivity index (χ4n) is 2.17. The minimum Gasteiger partial charge on any atom is -0.329 e. The van der Waals surface area contributed by atoms with Gasteiger partial charge in [-0.3, -0.25) is 4.90 Å². The highest BCUT2D eigenvalue weighted by atomic mass is 15.2. The van der Waals surface area contributed by atoms with Gasteiger partial charge in [-0.2, -0.15) is 0 Å². The Morgan fingerprint density at radius 1 is 1.12 bits per heavy atom. The predicted octanol–water partition coefficient (Wildman–Crippen LogP) is 1.63. The number of nitrogens with zero attached hydrogens (tertiary/aromatic N) is 2. The van der Waals surface area contributed by atoms with E-state index >= 15 is 0 Å². The van der Waals surface area contributed by atoms with Crippen LogP contribution < -0.4 is 5.73 Å². The van der Waals surface area contributed by atoms with Crippen LogP contribution in [0.25, 0.3) is 0 Å². The highest BCUT2D eigenvalue weighted by Crippen LogP contribution is 2.21. The van der Waals surface area contributed by atoms with Crippen molar-refractivity contribution in [2.45, 2.75) is 39.2 Å². The van der Waals surface area contributed by atoms with Gasteiger partial charge in [-0.05, 0) is 59.9 Å². The summed E-state index contributed by atoms with van der Waals surface area (Å²) in [4.78, 5) is 4.66. The Bertz CT molecular complexity index is 180. The third-order valence-corrected chi connectivity index (χ3v) is 3.31. The number of hydrogen-bond acceptors (Lipinski definition) is 3. The average Bonchev–Trinajstić information content (AvgIpc) is 2.15. The Morgan fingerprint density at radius 2 is 1.69 bits per heavy atom. The Hall–Kier alpha value is -0.120. The van der Waals surface area contributed by atoms with Gasteiger partial charge in [-0.25, -0.2) is 0 Å². The van der Waals surface area contributed by atoms with E-state index in [1.54, 1.807) is 0 Å². The summed E-state index contributed by atoms with van der Waals surface area (Å²) in [5.74, 6) is 0.699. The van der Waals surface area contributed by atoms with E-state index < -0.39 is 0 Å². The molecule has 16 heavy (non-hydrogen) atoms. The summed E-state index contributed by atoms with van der Waals surface area (Å²) in [6, 6.07) is 0. The number of likely N-dealkylation sites (N-methyl/N-ethyl adjacent to an activating group) is 1. The first-order valence-electron chi connectivity index (χ1n) is 6.38. The molecule has 0 spiro atoms. The lowest BCUT2D eigenvalue weighted by Crippen LogP contribution is -2.51. The summed E-state index contributed by atoms with van der Waals surface area (Å²) in [6.07, 6.45) is 2.37. The molecule has 3 nitrogen and oxygen atoms in total. The van der Waals surface area contributed by atoms with E-state index in [0.717, 1.165) is 19.6 Å². The van der Waals surface area contributed by atoms with Crippen molar-refractivity contribution in [3.8, 4) is 0 Å². The summed E-state index contributed by atoms with van der Waals surface area (Å²) < 4.78 is 0. The van der Waals surface area contributed by atoms with Gasteiger partial charge in [0.05, 0.1) is 0 Å². The Kier molecular flexibility index (Phi) is 7.20. The molecule has 0 aliphatic heterocycles. The van der Waals surface area contributed by atoms with Crippen LogP contribution >= 0.6 is 0 Å². The van der Waals surface area contributed by atoms with Crippen molar-refractivity contribution >= 4 is 0 Å². The van der Waals surface area contributed by atoms with Crippen molar-refractivity contribution < 1.29 is 0 Å². The minimum atomic E-state index is 0.153. The zero-order valence-electron chi connectivity index (χ0n) is 12.1. The largest absolute Gasteiger partial charge is 0.329 e. The van der Waals surface area contributed by atoms with E-state index in [4.69, 9.17) is 5.73 Å². The lowest BCUT2D eigenvalue weighted by molar-refractivity contribution is 0.115. The second-order valence-electron chi connectivity index (χ2n) is 5.88. The van der Waals surface area contributed by atoms with E-state index in [2.05, 4.69) is 51.7 Å². The van der Waals surface area contributed by atoms with Crippen LogP contribution in [0.4, 0.5) is 0 Å². The molecular weight excluding hydrogens is 198 g/mol. The van der Waals surface area contributed by atoms with Gasteiger partial charge in [-0.1, -0.05) is 13.8 Å². The molecule has 0 saturated heterocycles. The van der Waals surface area contributed by atoms with Gasteiger partial charge in [0, 0.05) is 12.1 Å². The number of nitrogens with two attached hydrogens (primary N) is 1. The third kappa shape index (κ3) is 5.83. The molecule has 3 heteroatoms. The smallest absolute Gasteiger partial charge is 0.0303 e. The van der Waals surface area contributed by atoms with E-state index in [9.17, 15) is 0 Å². The van der Waals surface area contributed by atoms with Gasteiger partial charge in [0.25, 0.3) is 0 Å². The zero-order valence-corrected chi connectivity index (χ0v) is 12.1. The van der Waals surface area contributed by atoms with Crippen molar-refractivity contribution in [1.29, 1.82) is 0 Å². The van der Waals surface area contributed by atoms with E-state index in [-0.39, 0.29) is 5.54 Å². The molecule has 1 unspecified atom stereocenters. The molecule has 0 heterocycles. The molecule has 0 fully saturated rings. The molecule has 0 aromatic heterocycles. The number of rotatable bonds is 8. The SMILES string of the molecule is CC(C)CC(C)(CN)N(C)CCCN(C)C. The van der Waals surface area contributed by atoms with Crippen molar-refractivity contribution in [2.24, 2.45) is 11.7 Å². The lowest BCUT2D eigenvalue weighted by atomic mass is 9.89. The highest BCUT2D eigenvalue weighted by molar-refractivity contribution is 4.86. The van der Waals surface area contributed by atoms with E-state index in [1.165, 1.54) is 12.8 Å². The zero-order chi connectivity index (χ0) is 12.8. The van der Waals surface area contributed by atoms with Crippen molar-refractivity contribution in [3.63, 3.8) is 0 Å². The maximum Gasteiger partial charge on any atom is 0.0303 e. The van der Waals surface area contributed by atoms with Gasteiger partial charge < -0.3 is 10.6 Å². The van der Waals surface area contributed by atoms with Gasteiger partial charge in [-0.15, -0.1) is 0 Å². The van der Waals surface area contributed by atoms with Gasteiger partial charge in [0.2, 0.25) is 0 Å². The Labute approximate surface area is 102 Å². The van der Waals surface area contributed by atoms with Crippen molar-refractivity contribution in [3.05, 3.63) is 0 Å². The molecule has 2 N–H and O–H groups in total. The predicted molar refractivity (Wildman–Crippen MR) is 72.7 cm³/mol. The van der Waals surface area contributed by atoms with Crippen LogP contribution in [-0.2, 0) is 0 Å². The topological polar surface area (TPSA) is 32.5 Å². The normalized spacial score (nSPS) is 16.1. The molecule has 0 saturated carbocycles. The van der Waals surface area contributed by atoms with Crippen LogP contribution in [-0.4, -0.2) is 56.1 Å². The van der Waals surface area contributed by atoms with Gasteiger partial charge in [0.15, 0.2) is 0 Å². The van der Waals surface area contributed by atoms with Crippen molar-refractivity contribution in [2.75, 3.05) is 40.8 Å². The van der Waals surface area contributed by atoms with Crippen LogP contribution in [0.3, 0.4) is 0 Å². The van der Waals surface area contributed by atoms with Crippen LogP contribution in [0.15, 0.2) is 0 Å². The van der Waals surface area contributed by atoms with Crippen LogP contribution in [0.5, 0.6) is 0 Å². The average molecular weight is 229 g/mol. The van der Waals surface area contributed by atoms with Crippen LogP contribution in [0.2, 0.25) is 0 Å². The lowest BCUT2D eigenvalue weighted by Gasteiger charge is -2.39. The van der Waals surface area contributed by atoms with Crippen molar-refractivity contribution in [1.82, 2.24) is 9.80 Å². The maximum absolute atomic E-state index is 5.94. The second kappa shape index (κ2) is 7.25. The molecule has 1 atom stereocenters. The standard InChI is InChI=1S/C13H31N3/c1-12(2)10-13(3,11-14)16(6)9-7-8-15(4)5/h12H,7-11,14H2,1-6H3. The monoisotopic (exact) mass is 229 g/mol. The maximum atomic E-state index is 5.94. The van der Waals surface area contributed by atoms with E-state index in [1.807, 2.05) is 0 Å². The first-order valence-corrected chi connectivity index (χ1v) is 6.38.